The summed E-state index contributed by atoms with van der Waals surface area (Å²) in [6.45, 7) is 1.59. The fraction of sp³-hybridized carbons (Fsp3) is 0.125. The van der Waals surface area contributed by atoms with Crippen LogP contribution in [-0.2, 0) is 6.18 Å². The number of carbonyl (C=O) groups is 2. The largest absolute Gasteiger partial charge is 0.416 e. The zero-order valence-corrected chi connectivity index (χ0v) is 14.2. The van der Waals surface area contributed by atoms with E-state index in [1.807, 2.05) is 0 Å². The van der Waals surface area contributed by atoms with Crippen LogP contribution < -0.4 is 5.32 Å². The molecule has 0 spiro atoms. The Labute approximate surface area is 148 Å². The van der Waals surface area contributed by atoms with Gasteiger partial charge in [-0.3, -0.25) is 9.59 Å². The molecular weight excluding hydrogens is 403 g/mol. The smallest absolute Gasteiger partial charge is 0.351 e. The SMILES string of the molecule is Cc1ccc(C(F)(F)F)cc1NC1=C(Br)C(=O)c2ncncc2C1=O. The van der Waals surface area contributed by atoms with Crippen LogP contribution in [0.1, 0.15) is 32.0 Å². The molecule has 1 aromatic heterocycles. The van der Waals surface area contributed by atoms with Gasteiger partial charge in [0.25, 0.3) is 0 Å². The first-order valence-corrected chi connectivity index (χ1v) is 7.73. The molecule has 0 radical (unpaired) electrons. The van der Waals surface area contributed by atoms with Crippen LogP contribution in [0.25, 0.3) is 0 Å². The molecule has 0 aliphatic heterocycles. The molecule has 0 saturated carbocycles. The normalized spacial score (nSPS) is 14.6. The number of nitrogens with zero attached hydrogens (tertiary/aromatic N) is 2. The summed E-state index contributed by atoms with van der Waals surface area (Å²) < 4.78 is 38.6. The van der Waals surface area contributed by atoms with E-state index in [1.165, 1.54) is 12.3 Å². The molecule has 1 aromatic carbocycles. The Morgan fingerprint density at radius 2 is 1.88 bits per heavy atom. The minimum Gasteiger partial charge on any atom is -0.351 e. The number of fused-ring (bicyclic) bond motifs is 1. The molecule has 1 heterocycles. The van der Waals surface area contributed by atoms with Gasteiger partial charge in [-0.05, 0) is 40.5 Å². The Kier molecular flexibility index (Phi) is 4.19. The maximum Gasteiger partial charge on any atom is 0.416 e. The van der Waals surface area contributed by atoms with Gasteiger partial charge in [-0.1, -0.05) is 6.07 Å². The topological polar surface area (TPSA) is 72.0 Å². The molecular formula is C16H9BrF3N3O2. The molecule has 5 nitrogen and oxygen atoms in total. The standard InChI is InChI=1S/C16H9BrF3N3O2/c1-7-2-3-8(16(18,19)20)4-10(7)23-13-11(17)15(25)12-9(14(13)24)5-21-6-22-12/h2-6,23H,1H3. The maximum absolute atomic E-state index is 12.9. The third kappa shape index (κ3) is 3.07. The molecule has 0 amide bonds. The van der Waals surface area contributed by atoms with Crippen molar-refractivity contribution in [2.75, 3.05) is 5.32 Å². The van der Waals surface area contributed by atoms with Gasteiger partial charge < -0.3 is 5.32 Å². The van der Waals surface area contributed by atoms with Gasteiger partial charge in [-0.2, -0.15) is 13.2 Å². The van der Waals surface area contributed by atoms with Crippen molar-refractivity contribution in [1.29, 1.82) is 0 Å². The van der Waals surface area contributed by atoms with Crippen LogP contribution in [0.3, 0.4) is 0 Å². The predicted molar refractivity (Wildman–Crippen MR) is 86.4 cm³/mol. The number of Topliss-reactive ketones (excluding diaryl/α,β-unsaturated/α-hetero) is 2. The highest BCUT2D eigenvalue weighted by atomic mass is 79.9. The summed E-state index contributed by atoms with van der Waals surface area (Å²) in [7, 11) is 0. The molecule has 0 unspecified atom stereocenters. The van der Waals surface area contributed by atoms with Gasteiger partial charge in [0.1, 0.15) is 17.7 Å². The highest BCUT2D eigenvalue weighted by Gasteiger charge is 2.34. The number of alkyl halides is 3. The van der Waals surface area contributed by atoms with Crippen LogP contribution in [0, 0.1) is 6.92 Å². The van der Waals surface area contributed by atoms with Crippen LogP contribution in [-0.4, -0.2) is 21.5 Å². The van der Waals surface area contributed by atoms with E-state index in [1.54, 1.807) is 6.92 Å². The zero-order chi connectivity index (χ0) is 18.4. The fourth-order valence-electron chi connectivity index (χ4n) is 2.31. The van der Waals surface area contributed by atoms with E-state index < -0.39 is 23.3 Å². The molecule has 0 atom stereocenters. The minimum absolute atomic E-state index is 0.0113. The molecule has 0 bridgehead atoms. The van der Waals surface area contributed by atoms with Crippen molar-refractivity contribution in [2.45, 2.75) is 13.1 Å². The van der Waals surface area contributed by atoms with Crippen LogP contribution in [0.5, 0.6) is 0 Å². The van der Waals surface area contributed by atoms with Gasteiger partial charge in [-0.25, -0.2) is 9.97 Å². The Morgan fingerprint density at radius 1 is 1.16 bits per heavy atom. The molecule has 3 rings (SSSR count). The molecule has 1 aliphatic carbocycles. The Morgan fingerprint density at radius 3 is 2.56 bits per heavy atom. The van der Waals surface area contributed by atoms with Gasteiger partial charge in [0.15, 0.2) is 0 Å². The highest BCUT2D eigenvalue weighted by Crippen LogP contribution is 2.34. The zero-order valence-electron chi connectivity index (χ0n) is 12.6. The molecule has 25 heavy (non-hydrogen) atoms. The van der Waals surface area contributed by atoms with E-state index in [0.717, 1.165) is 18.5 Å². The minimum atomic E-state index is -4.53. The van der Waals surface area contributed by atoms with Crippen LogP contribution in [0.4, 0.5) is 18.9 Å². The fourth-order valence-corrected chi connectivity index (χ4v) is 2.77. The number of halogens is 4. The maximum atomic E-state index is 12.9. The second-order valence-electron chi connectivity index (χ2n) is 5.28. The average molecular weight is 412 g/mol. The van der Waals surface area contributed by atoms with Crippen molar-refractivity contribution < 1.29 is 22.8 Å². The Balaban J connectivity index is 2.05. The molecule has 1 N–H and O–H groups in total. The lowest BCUT2D eigenvalue weighted by molar-refractivity contribution is -0.137. The third-order valence-electron chi connectivity index (χ3n) is 3.64. The first-order chi connectivity index (χ1) is 11.7. The number of aryl methyl sites for hydroxylation is 1. The van der Waals surface area contributed by atoms with Crippen molar-refractivity contribution in [2.24, 2.45) is 0 Å². The lowest BCUT2D eigenvalue weighted by Crippen LogP contribution is -2.25. The van der Waals surface area contributed by atoms with Crippen molar-refractivity contribution in [3.63, 3.8) is 0 Å². The lowest BCUT2D eigenvalue weighted by atomic mass is 9.98. The van der Waals surface area contributed by atoms with Gasteiger partial charge in [0.2, 0.25) is 11.6 Å². The van der Waals surface area contributed by atoms with E-state index in [9.17, 15) is 22.8 Å². The number of hydrogen-bond donors (Lipinski definition) is 1. The first kappa shape index (κ1) is 17.3. The summed E-state index contributed by atoms with van der Waals surface area (Å²) in [5.74, 6) is -1.14. The summed E-state index contributed by atoms with van der Waals surface area (Å²) in [6, 6.07) is 3.12. The number of allylic oxidation sites excluding steroid dienone is 2. The number of ketones is 2. The third-order valence-corrected chi connectivity index (χ3v) is 4.40. The molecule has 1 aliphatic rings. The monoisotopic (exact) mass is 411 g/mol. The van der Waals surface area contributed by atoms with Crippen molar-refractivity contribution >= 4 is 33.2 Å². The number of rotatable bonds is 2. The van der Waals surface area contributed by atoms with Crippen LogP contribution in [0.2, 0.25) is 0 Å². The summed E-state index contributed by atoms with van der Waals surface area (Å²) in [6.07, 6.45) is -2.19. The number of hydrogen-bond acceptors (Lipinski definition) is 5. The second-order valence-corrected chi connectivity index (χ2v) is 6.08. The summed E-state index contributed by atoms with van der Waals surface area (Å²) in [5, 5.41) is 2.64. The van der Waals surface area contributed by atoms with Gasteiger partial charge >= 0.3 is 6.18 Å². The van der Waals surface area contributed by atoms with Gasteiger partial charge in [0, 0.05) is 11.9 Å². The average Bonchev–Trinajstić information content (AvgIpc) is 2.57. The molecule has 0 saturated heterocycles. The van der Waals surface area contributed by atoms with E-state index in [2.05, 4.69) is 31.2 Å². The van der Waals surface area contributed by atoms with Crippen molar-refractivity contribution in [3.8, 4) is 0 Å². The summed E-state index contributed by atoms with van der Waals surface area (Å²) in [5.41, 5.74) is -0.536. The Hall–Kier alpha value is -2.55. The molecule has 128 valence electrons. The van der Waals surface area contributed by atoms with Gasteiger partial charge in [0.05, 0.1) is 15.6 Å². The number of aromatic nitrogens is 2. The number of anilines is 1. The molecule has 2 aromatic rings. The van der Waals surface area contributed by atoms with E-state index in [-0.39, 0.29) is 27.1 Å². The number of nitrogens with one attached hydrogen (secondary N) is 1. The predicted octanol–water partition coefficient (Wildman–Crippen LogP) is 3.90. The van der Waals surface area contributed by atoms with E-state index >= 15 is 0 Å². The summed E-state index contributed by atoms with van der Waals surface area (Å²) in [4.78, 5) is 32.4. The lowest BCUT2D eigenvalue weighted by Gasteiger charge is -2.19. The Bertz CT molecular complexity index is 938. The highest BCUT2D eigenvalue weighted by molar-refractivity contribution is 9.12. The first-order valence-electron chi connectivity index (χ1n) is 6.94. The quantitative estimate of drug-likeness (QED) is 0.810. The second kappa shape index (κ2) is 6.07. The number of carbonyl (C=O) groups excluding carboxylic acids is 2. The van der Waals surface area contributed by atoms with E-state index in [4.69, 9.17) is 0 Å². The van der Waals surface area contributed by atoms with Crippen molar-refractivity contribution in [3.05, 3.63) is 63.3 Å². The molecule has 0 fully saturated rings. The molecule has 9 heteroatoms. The van der Waals surface area contributed by atoms with Crippen LogP contribution >= 0.6 is 15.9 Å². The van der Waals surface area contributed by atoms with Gasteiger partial charge in [-0.15, -0.1) is 0 Å². The van der Waals surface area contributed by atoms with Crippen molar-refractivity contribution in [1.82, 2.24) is 9.97 Å². The summed E-state index contributed by atoms with van der Waals surface area (Å²) >= 11 is 3.03. The van der Waals surface area contributed by atoms with E-state index in [0.29, 0.717) is 5.56 Å². The number of benzene rings is 1. The van der Waals surface area contributed by atoms with Crippen LogP contribution in [0.15, 0.2) is 40.9 Å².